The first kappa shape index (κ1) is 26.2. The average Bonchev–Trinajstić information content (AvgIpc) is 3.61. The van der Waals surface area contributed by atoms with Crippen LogP contribution in [0.5, 0.6) is 0 Å². The molecule has 0 heterocycles. The van der Waals surface area contributed by atoms with Crippen LogP contribution in [0, 0.1) is 103 Å². The van der Waals surface area contributed by atoms with Crippen molar-refractivity contribution in [3.05, 3.63) is 91.1 Å². The highest BCUT2D eigenvalue weighted by atomic mass is 19.2. The predicted molar refractivity (Wildman–Crippen MR) is 105 cm³/mol. The van der Waals surface area contributed by atoms with Crippen LogP contribution in [0.25, 0.3) is 11.1 Å². The van der Waals surface area contributed by atoms with Gasteiger partial charge < -0.3 is 0 Å². The first-order valence-corrected chi connectivity index (χ1v) is 9.38. The molecule has 0 saturated heterocycles. The summed E-state index contributed by atoms with van der Waals surface area (Å²) < 4.78 is 115. The normalized spacial score (nSPS) is 14.5. The minimum Gasteiger partial charge on any atom is -0.203 e. The third-order valence-corrected chi connectivity index (χ3v) is 5.20. The Morgan fingerprint density at radius 3 is 0.973 bits per heavy atom. The van der Waals surface area contributed by atoms with Crippen molar-refractivity contribution in [2.45, 2.75) is 6.92 Å². The first-order chi connectivity index (χ1) is 17.4. The molecule has 37 heavy (non-hydrogen) atoms. The molecule has 0 bridgehead atoms. The molecule has 0 unspecified atom stereocenters. The zero-order chi connectivity index (χ0) is 27.9. The number of allylic oxidation sites excluding steroid dienone is 6. The Hall–Kier alpha value is -5.45. The maximum absolute atomic E-state index is 14.6. The molecule has 0 atom stereocenters. The van der Waals surface area contributed by atoms with Crippen molar-refractivity contribution in [2.75, 3.05) is 0 Å². The molecule has 13 heteroatoms. The molecule has 0 aromatic heterocycles. The smallest absolute Gasteiger partial charge is 0.180 e. The van der Waals surface area contributed by atoms with Gasteiger partial charge in [0.2, 0.25) is 0 Å². The minimum atomic E-state index is -2.22. The lowest BCUT2D eigenvalue weighted by atomic mass is 9.99. The van der Waals surface area contributed by atoms with Gasteiger partial charge in [0.1, 0.15) is 35.4 Å². The summed E-state index contributed by atoms with van der Waals surface area (Å²) >= 11 is 0. The van der Waals surface area contributed by atoms with E-state index in [9.17, 15) is 50.9 Å². The van der Waals surface area contributed by atoms with Crippen LogP contribution in [-0.2, 0) is 0 Å². The number of nitriles is 5. The van der Waals surface area contributed by atoms with Gasteiger partial charge in [-0.25, -0.2) is 35.1 Å². The second kappa shape index (κ2) is 9.30. The monoisotopic (exact) mass is 513 g/mol. The van der Waals surface area contributed by atoms with Crippen molar-refractivity contribution < 1.29 is 35.1 Å². The fourth-order valence-corrected chi connectivity index (χ4v) is 3.49. The summed E-state index contributed by atoms with van der Waals surface area (Å²) in [5, 5.41) is 45.8. The molecule has 1 saturated carbocycles. The van der Waals surface area contributed by atoms with E-state index in [4.69, 9.17) is 10.5 Å². The van der Waals surface area contributed by atoms with Crippen molar-refractivity contribution >= 4 is 11.1 Å². The molecule has 0 amide bonds. The standard InChI is InChI=1S/C24H3F8N5/c1-7(2-33)12-13(8(3-34)15-21(29)17(25)10(5-36)18(26)22(15)30)14(12)9(4-35)16-23(31)19(27)11(6-37)20(28)24(16)32/h1H3. The van der Waals surface area contributed by atoms with E-state index in [2.05, 4.69) is 0 Å². The van der Waals surface area contributed by atoms with E-state index in [1.54, 1.807) is 0 Å². The molecule has 0 N–H and O–H groups in total. The molecular weight excluding hydrogens is 510 g/mol. The molecule has 180 valence electrons. The first-order valence-electron chi connectivity index (χ1n) is 9.38. The van der Waals surface area contributed by atoms with Crippen molar-refractivity contribution in [2.24, 2.45) is 0 Å². The van der Waals surface area contributed by atoms with Crippen LogP contribution in [0.4, 0.5) is 35.1 Å². The highest BCUT2D eigenvalue weighted by molar-refractivity contribution is 6.07. The Balaban J connectivity index is 2.58. The molecule has 5 nitrogen and oxygen atoms in total. The van der Waals surface area contributed by atoms with Crippen LogP contribution in [0.3, 0.4) is 0 Å². The molecule has 1 aliphatic carbocycles. The Labute approximate surface area is 201 Å². The molecule has 0 radical (unpaired) electrons. The van der Waals surface area contributed by atoms with Gasteiger partial charge in [0.25, 0.3) is 0 Å². The number of nitrogens with zero attached hydrogens (tertiary/aromatic N) is 5. The second-order valence-corrected chi connectivity index (χ2v) is 7.07. The van der Waals surface area contributed by atoms with Gasteiger partial charge in [0.15, 0.2) is 46.5 Å². The van der Waals surface area contributed by atoms with E-state index in [0.717, 1.165) is 19.1 Å². The van der Waals surface area contributed by atoms with Crippen molar-refractivity contribution in [3.63, 3.8) is 0 Å². The SMILES string of the molecule is CC(C#N)=C1C(=C(C#N)c2c(F)c(F)c(C#N)c(F)c2F)C1=C(C#N)c1c(F)c(F)c(C#N)c(F)c1F. The number of rotatable bonds is 2. The van der Waals surface area contributed by atoms with Gasteiger partial charge in [0.05, 0.1) is 28.3 Å². The highest BCUT2D eigenvalue weighted by Crippen LogP contribution is 2.55. The molecule has 1 fully saturated rings. The largest absolute Gasteiger partial charge is 0.203 e. The summed E-state index contributed by atoms with van der Waals surface area (Å²) in [7, 11) is 0. The van der Waals surface area contributed by atoms with Crippen LogP contribution in [0.15, 0.2) is 22.3 Å². The predicted octanol–water partition coefficient (Wildman–Crippen LogP) is 5.65. The van der Waals surface area contributed by atoms with Crippen LogP contribution < -0.4 is 0 Å². The van der Waals surface area contributed by atoms with E-state index >= 15 is 0 Å². The summed E-state index contributed by atoms with van der Waals surface area (Å²) in [5.74, 6) is -17.6. The summed E-state index contributed by atoms with van der Waals surface area (Å²) in [4.78, 5) is 0. The molecule has 2 aromatic rings. The molecule has 0 aliphatic heterocycles. The molecule has 0 spiro atoms. The number of halogens is 8. The number of benzene rings is 2. The van der Waals surface area contributed by atoms with Gasteiger partial charge in [-0.05, 0) is 6.92 Å². The fourth-order valence-electron chi connectivity index (χ4n) is 3.49. The maximum Gasteiger partial charge on any atom is 0.180 e. The van der Waals surface area contributed by atoms with Crippen molar-refractivity contribution in [1.82, 2.24) is 0 Å². The lowest BCUT2D eigenvalue weighted by molar-refractivity contribution is 0.446. The Morgan fingerprint density at radius 2 is 0.757 bits per heavy atom. The lowest BCUT2D eigenvalue weighted by Crippen LogP contribution is -2.06. The highest BCUT2D eigenvalue weighted by Gasteiger charge is 2.44. The quantitative estimate of drug-likeness (QED) is 0.292. The zero-order valence-electron chi connectivity index (χ0n) is 17.8. The van der Waals surface area contributed by atoms with Gasteiger partial charge in [-0.1, -0.05) is 0 Å². The summed E-state index contributed by atoms with van der Waals surface area (Å²) in [6, 6.07) is 5.72. The molecule has 1 aliphatic rings. The summed E-state index contributed by atoms with van der Waals surface area (Å²) in [6.07, 6.45) is 0. The third-order valence-electron chi connectivity index (χ3n) is 5.20. The maximum atomic E-state index is 14.6. The van der Waals surface area contributed by atoms with Gasteiger partial charge in [0, 0.05) is 22.3 Å². The topological polar surface area (TPSA) is 119 Å². The van der Waals surface area contributed by atoms with Gasteiger partial charge in [-0.2, -0.15) is 26.3 Å². The van der Waals surface area contributed by atoms with Crippen LogP contribution in [0.2, 0.25) is 0 Å². The zero-order valence-corrected chi connectivity index (χ0v) is 17.8. The second-order valence-electron chi connectivity index (χ2n) is 7.07. The Morgan fingerprint density at radius 1 is 0.459 bits per heavy atom. The molecule has 2 aromatic carbocycles. The van der Waals surface area contributed by atoms with Gasteiger partial charge in [-0.15, -0.1) is 0 Å². The van der Waals surface area contributed by atoms with E-state index in [1.165, 1.54) is 18.2 Å². The number of hydrogen-bond donors (Lipinski definition) is 0. The van der Waals surface area contributed by atoms with E-state index in [-0.39, 0.29) is 0 Å². The summed E-state index contributed by atoms with van der Waals surface area (Å²) in [5.41, 5.74) is -11.8. The van der Waals surface area contributed by atoms with Crippen molar-refractivity contribution in [1.29, 1.82) is 26.3 Å². The minimum absolute atomic E-state index is 0.434. The fraction of sp³-hybridized carbons (Fsp3) is 0.0417. The third kappa shape index (κ3) is 3.65. The van der Waals surface area contributed by atoms with Gasteiger partial charge >= 0.3 is 0 Å². The summed E-state index contributed by atoms with van der Waals surface area (Å²) in [6.45, 7) is 1.02. The molecular formula is C24H3F8N5. The van der Waals surface area contributed by atoms with Crippen LogP contribution >= 0.6 is 0 Å². The Bertz CT molecular complexity index is 1590. The Kier molecular flexibility index (Phi) is 6.58. The van der Waals surface area contributed by atoms with E-state index in [0.29, 0.717) is 0 Å². The van der Waals surface area contributed by atoms with Crippen LogP contribution in [0.1, 0.15) is 29.2 Å². The van der Waals surface area contributed by atoms with E-state index in [1.807, 2.05) is 0 Å². The lowest BCUT2D eigenvalue weighted by Gasteiger charge is -2.08. The van der Waals surface area contributed by atoms with Gasteiger partial charge in [-0.3, -0.25) is 0 Å². The van der Waals surface area contributed by atoms with Crippen molar-refractivity contribution in [3.8, 4) is 30.3 Å². The average molecular weight is 513 g/mol. The molecule has 3 rings (SSSR count). The van der Waals surface area contributed by atoms with Crippen LogP contribution in [-0.4, -0.2) is 0 Å². The van der Waals surface area contributed by atoms with E-state index < -0.39 is 102 Å². The number of hydrogen-bond acceptors (Lipinski definition) is 5.